The molecule has 1 aromatic carbocycles. The molecule has 0 aromatic heterocycles. The molecule has 1 N–H and O–H groups in total. The summed E-state index contributed by atoms with van der Waals surface area (Å²) in [5.41, 5.74) is 2.59. The van der Waals surface area contributed by atoms with Gasteiger partial charge in [-0.3, -0.25) is 9.11 Å². The molecule has 0 amide bonds. The molecule has 1 aliphatic heterocycles. The molecule has 0 aliphatic carbocycles. The van der Waals surface area contributed by atoms with Crippen LogP contribution in [0.3, 0.4) is 0 Å². The molecule has 18 heavy (non-hydrogen) atoms. The molecule has 0 unspecified atom stereocenters. The molecule has 3 nitrogen and oxygen atoms in total. The lowest BCUT2D eigenvalue weighted by molar-refractivity contribution is 0.291. The fraction of sp³-hybridized carbons (Fsp3) is 0.538. The first-order valence-electron chi connectivity index (χ1n) is 6.18. The van der Waals surface area contributed by atoms with E-state index in [0.29, 0.717) is 0 Å². The van der Waals surface area contributed by atoms with Crippen molar-refractivity contribution in [3.8, 4) is 0 Å². The van der Waals surface area contributed by atoms with Gasteiger partial charge in [0.25, 0.3) is 0 Å². The van der Waals surface area contributed by atoms with Crippen LogP contribution in [0.1, 0.15) is 11.1 Å². The molecule has 0 saturated carbocycles. The van der Waals surface area contributed by atoms with Crippen LogP contribution in [0.4, 0.5) is 0 Å². The molecule has 100 valence electrons. The summed E-state index contributed by atoms with van der Waals surface area (Å²) in [4.78, 5) is 2.37. The second kappa shape index (κ2) is 6.80. The van der Waals surface area contributed by atoms with E-state index in [0.717, 1.165) is 37.7 Å². The molecule has 1 aliphatic rings. The van der Waals surface area contributed by atoms with Crippen molar-refractivity contribution in [2.45, 2.75) is 13.1 Å². The highest BCUT2D eigenvalue weighted by Crippen LogP contribution is 2.21. The number of rotatable bonds is 4. The first-order valence-corrected chi connectivity index (χ1v) is 8.46. The SMILES string of the molecule is CNCc1ccc(CN2CCS(=O)CC2)c(Br)c1. The highest BCUT2D eigenvalue weighted by atomic mass is 79.9. The maximum atomic E-state index is 11.3. The van der Waals surface area contributed by atoms with Crippen molar-refractivity contribution < 1.29 is 4.21 Å². The van der Waals surface area contributed by atoms with Crippen LogP contribution in [0.25, 0.3) is 0 Å². The van der Waals surface area contributed by atoms with Gasteiger partial charge in [0.2, 0.25) is 0 Å². The zero-order chi connectivity index (χ0) is 13.0. The minimum Gasteiger partial charge on any atom is -0.316 e. The Kier molecular flexibility index (Phi) is 5.36. The first kappa shape index (κ1) is 14.2. The van der Waals surface area contributed by atoms with Crippen LogP contribution in [0.5, 0.6) is 0 Å². The lowest BCUT2D eigenvalue weighted by Gasteiger charge is -2.26. The van der Waals surface area contributed by atoms with E-state index in [-0.39, 0.29) is 0 Å². The monoisotopic (exact) mass is 330 g/mol. The highest BCUT2D eigenvalue weighted by Gasteiger charge is 2.16. The fourth-order valence-corrected chi connectivity index (χ4v) is 3.79. The van der Waals surface area contributed by atoms with Gasteiger partial charge in [-0.05, 0) is 24.2 Å². The van der Waals surface area contributed by atoms with Gasteiger partial charge >= 0.3 is 0 Å². The van der Waals surface area contributed by atoms with Gasteiger partial charge in [0.1, 0.15) is 0 Å². The van der Waals surface area contributed by atoms with Crippen LogP contribution in [0, 0.1) is 0 Å². The van der Waals surface area contributed by atoms with E-state index < -0.39 is 10.8 Å². The molecule has 1 aromatic rings. The molecule has 0 radical (unpaired) electrons. The average Bonchev–Trinajstić information content (AvgIpc) is 2.36. The van der Waals surface area contributed by atoms with Crippen LogP contribution < -0.4 is 5.32 Å². The van der Waals surface area contributed by atoms with E-state index >= 15 is 0 Å². The minimum absolute atomic E-state index is 0.592. The molecule has 0 spiro atoms. The third-order valence-electron chi connectivity index (χ3n) is 3.16. The third-order valence-corrected chi connectivity index (χ3v) is 5.18. The molecule has 1 saturated heterocycles. The molecule has 0 bridgehead atoms. The Hall–Kier alpha value is -0.230. The Morgan fingerprint density at radius 3 is 2.72 bits per heavy atom. The Labute approximate surface area is 120 Å². The van der Waals surface area contributed by atoms with Gasteiger partial charge in [-0.2, -0.15) is 0 Å². The largest absolute Gasteiger partial charge is 0.316 e. The van der Waals surface area contributed by atoms with Crippen molar-refractivity contribution in [1.29, 1.82) is 0 Å². The normalized spacial score (nSPS) is 18.1. The van der Waals surface area contributed by atoms with Gasteiger partial charge < -0.3 is 5.32 Å². The summed E-state index contributed by atoms with van der Waals surface area (Å²) >= 11 is 3.64. The van der Waals surface area contributed by atoms with Crippen molar-refractivity contribution in [2.24, 2.45) is 0 Å². The molecule has 5 heteroatoms. The molecule has 1 heterocycles. The summed E-state index contributed by atoms with van der Waals surface area (Å²) in [5.74, 6) is 1.63. The summed E-state index contributed by atoms with van der Waals surface area (Å²) in [6.45, 7) is 3.72. The molecular formula is C13H19BrN2OS. The van der Waals surface area contributed by atoms with Gasteiger partial charge in [-0.15, -0.1) is 0 Å². The quantitative estimate of drug-likeness (QED) is 0.912. The number of hydrogen-bond donors (Lipinski definition) is 1. The topological polar surface area (TPSA) is 32.3 Å². The highest BCUT2D eigenvalue weighted by molar-refractivity contribution is 9.10. The van der Waals surface area contributed by atoms with E-state index in [1.165, 1.54) is 15.6 Å². The van der Waals surface area contributed by atoms with E-state index in [1.807, 2.05) is 7.05 Å². The minimum atomic E-state index is -0.592. The Bertz CT molecular complexity index is 429. The summed E-state index contributed by atoms with van der Waals surface area (Å²) in [7, 11) is 1.36. The number of hydrogen-bond acceptors (Lipinski definition) is 3. The lowest BCUT2D eigenvalue weighted by atomic mass is 10.1. The smallest absolute Gasteiger partial charge is 0.0363 e. The summed E-state index contributed by atoms with van der Waals surface area (Å²) < 4.78 is 12.5. The first-order chi connectivity index (χ1) is 8.69. The molecular weight excluding hydrogens is 312 g/mol. The van der Waals surface area contributed by atoms with Crippen LogP contribution in [0.15, 0.2) is 22.7 Å². The molecule has 2 rings (SSSR count). The summed E-state index contributed by atoms with van der Waals surface area (Å²) in [5, 5.41) is 3.15. The number of halogens is 1. The van der Waals surface area contributed by atoms with E-state index in [2.05, 4.69) is 44.3 Å². The van der Waals surface area contributed by atoms with Crippen LogP contribution in [0.2, 0.25) is 0 Å². The van der Waals surface area contributed by atoms with Crippen LogP contribution in [-0.4, -0.2) is 40.8 Å². The van der Waals surface area contributed by atoms with Crippen molar-refractivity contribution in [3.63, 3.8) is 0 Å². The fourth-order valence-electron chi connectivity index (χ4n) is 2.11. The van der Waals surface area contributed by atoms with Gasteiger partial charge in [0.05, 0.1) is 0 Å². The maximum absolute atomic E-state index is 11.3. The average molecular weight is 331 g/mol. The number of nitrogens with zero attached hydrogens (tertiary/aromatic N) is 1. The van der Waals surface area contributed by atoms with E-state index in [4.69, 9.17) is 0 Å². The zero-order valence-corrected chi connectivity index (χ0v) is 13.0. The summed E-state index contributed by atoms with van der Waals surface area (Å²) in [6.07, 6.45) is 0. The van der Waals surface area contributed by atoms with Crippen LogP contribution >= 0.6 is 15.9 Å². The lowest BCUT2D eigenvalue weighted by Crippen LogP contribution is -2.37. The second-order valence-corrected chi connectivity index (χ2v) is 7.13. The van der Waals surface area contributed by atoms with Crippen molar-refractivity contribution in [3.05, 3.63) is 33.8 Å². The Morgan fingerprint density at radius 1 is 1.39 bits per heavy atom. The zero-order valence-electron chi connectivity index (χ0n) is 10.6. The number of benzene rings is 1. The number of nitrogens with one attached hydrogen (secondary N) is 1. The summed E-state index contributed by atoms with van der Waals surface area (Å²) in [6, 6.07) is 6.52. The standard InChI is InChI=1S/C13H19BrN2OS/c1-15-9-11-2-3-12(13(14)8-11)10-16-4-6-18(17)7-5-16/h2-3,8,15H,4-7,9-10H2,1H3. The third kappa shape index (κ3) is 3.88. The van der Waals surface area contributed by atoms with E-state index in [9.17, 15) is 4.21 Å². The Balaban J connectivity index is 1.98. The van der Waals surface area contributed by atoms with Crippen molar-refractivity contribution in [2.75, 3.05) is 31.6 Å². The van der Waals surface area contributed by atoms with Gasteiger partial charge in [0, 0.05) is 53.0 Å². The van der Waals surface area contributed by atoms with Crippen molar-refractivity contribution in [1.82, 2.24) is 10.2 Å². The van der Waals surface area contributed by atoms with Crippen molar-refractivity contribution >= 4 is 26.7 Å². The predicted molar refractivity (Wildman–Crippen MR) is 80.1 cm³/mol. The van der Waals surface area contributed by atoms with Gasteiger partial charge in [0.15, 0.2) is 0 Å². The predicted octanol–water partition coefficient (Wildman–Crippen LogP) is 1.73. The second-order valence-electron chi connectivity index (χ2n) is 4.58. The maximum Gasteiger partial charge on any atom is 0.0363 e. The van der Waals surface area contributed by atoms with E-state index in [1.54, 1.807) is 0 Å². The van der Waals surface area contributed by atoms with Gasteiger partial charge in [-0.25, -0.2) is 0 Å². The molecule has 0 atom stereocenters. The molecule has 1 fully saturated rings. The van der Waals surface area contributed by atoms with Gasteiger partial charge in [-0.1, -0.05) is 28.1 Å². The van der Waals surface area contributed by atoms with Crippen LogP contribution in [-0.2, 0) is 23.9 Å². The Morgan fingerprint density at radius 2 is 2.11 bits per heavy atom.